The molecule has 144 valence electrons. The van der Waals surface area contributed by atoms with Gasteiger partial charge in [-0.2, -0.15) is 0 Å². The lowest BCUT2D eigenvalue weighted by Crippen LogP contribution is -2.35. The molecular formula is C19H21FN2O4S. The van der Waals surface area contributed by atoms with Crippen molar-refractivity contribution in [2.45, 2.75) is 24.7 Å². The van der Waals surface area contributed by atoms with Gasteiger partial charge in [0, 0.05) is 25.1 Å². The molecule has 8 heteroatoms. The van der Waals surface area contributed by atoms with Gasteiger partial charge in [0.25, 0.3) is 0 Å². The fourth-order valence-corrected chi connectivity index (χ4v) is 3.69. The van der Waals surface area contributed by atoms with E-state index < -0.39 is 27.5 Å². The highest BCUT2D eigenvalue weighted by atomic mass is 32.2. The predicted molar refractivity (Wildman–Crippen MR) is 100 cm³/mol. The molecule has 2 aromatic rings. The van der Waals surface area contributed by atoms with Crippen molar-refractivity contribution in [3.8, 4) is 0 Å². The van der Waals surface area contributed by atoms with E-state index in [2.05, 4.69) is 0 Å². The number of nitrogens with two attached hydrogens (primary N) is 1. The summed E-state index contributed by atoms with van der Waals surface area (Å²) in [4.78, 5) is 25.0. The van der Waals surface area contributed by atoms with Gasteiger partial charge in [-0.1, -0.05) is 17.7 Å². The second kappa shape index (κ2) is 8.77. The number of carbonyl (C=O) groups excluding carboxylic acids is 2. The molecule has 0 saturated carbocycles. The first-order valence-corrected chi connectivity index (χ1v) is 9.98. The van der Waals surface area contributed by atoms with Crippen LogP contribution in [0.2, 0.25) is 0 Å². The van der Waals surface area contributed by atoms with Crippen molar-refractivity contribution in [3.05, 3.63) is 59.9 Å². The molecule has 2 N–H and O–H groups in total. The second-order valence-electron chi connectivity index (χ2n) is 6.12. The van der Waals surface area contributed by atoms with Crippen LogP contribution in [0.3, 0.4) is 0 Å². The second-order valence-corrected chi connectivity index (χ2v) is 8.23. The molecule has 0 aliphatic heterocycles. The molecule has 0 fully saturated rings. The number of sulfone groups is 1. The van der Waals surface area contributed by atoms with Crippen LogP contribution in [-0.4, -0.2) is 32.5 Å². The van der Waals surface area contributed by atoms with E-state index >= 15 is 0 Å². The lowest BCUT2D eigenvalue weighted by molar-refractivity contribution is -0.119. The molecule has 0 aromatic heterocycles. The minimum atomic E-state index is -3.62. The van der Waals surface area contributed by atoms with E-state index in [1.54, 1.807) is 12.1 Å². The average molecular weight is 392 g/mol. The number of anilines is 1. The van der Waals surface area contributed by atoms with Crippen LogP contribution < -0.4 is 10.6 Å². The standard InChI is InChI=1S/C19H21FN2O4S/c1-14-2-8-17(9-3-14)27(25,26)13-11-19(24)22(12-10-18(21)23)16-6-4-15(20)5-7-16/h2-9H,10-13H2,1H3,(H2,21,23). The van der Waals surface area contributed by atoms with E-state index in [0.717, 1.165) is 5.56 Å². The Labute approximate surface area is 157 Å². The summed E-state index contributed by atoms with van der Waals surface area (Å²) in [5.41, 5.74) is 6.44. The highest BCUT2D eigenvalue weighted by Crippen LogP contribution is 2.18. The quantitative estimate of drug-likeness (QED) is 0.745. The van der Waals surface area contributed by atoms with Crippen LogP contribution in [0.15, 0.2) is 53.4 Å². The minimum absolute atomic E-state index is 0.00955. The number of aryl methyl sites for hydroxylation is 1. The number of carbonyl (C=O) groups is 2. The van der Waals surface area contributed by atoms with Crippen LogP contribution in [-0.2, 0) is 19.4 Å². The molecule has 0 radical (unpaired) electrons. The van der Waals surface area contributed by atoms with Crippen molar-refractivity contribution in [1.29, 1.82) is 0 Å². The molecule has 0 heterocycles. The average Bonchev–Trinajstić information content (AvgIpc) is 2.62. The number of hydrogen-bond acceptors (Lipinski definition) is 4. The van der Waals surface area contributed by atoms with Gasteiger partial charge in [0.15, 0.2) is 9.84 Å². The molecule has 2 rings (SSSR count). The summed E-state index contributed by atoms with van der Waals surface area (Å²) in [5.74, 6) is -1.92. The molecule has 0 aliphatic rings. The van der Waals surface area contributed by atoms with E-state index in [1.165, 1.54) is 41.3 Å². The predicted octanol–water partition coefficient (Wildman–Crippen LogP) is 2.21. The van der Waals surface area contributed by atoms with Crippen molar-refractivity contribution in [3.63, 3.8) is 0 Å². The van der Waals surface area contributed by atoms with Gasteiger partial charge in [-0.25, -0.2) is 12.8 Å². The summed E-state index contributed by atoms with van der Waals surface area (Å²) in [7, 11) is -3.62. The van der Waals surface area contributed by atoms with Gasteiger partial charge in [-0.15, -0.1) is 0 Å². The molecule has 6 nitrogen and oxygen atoms in total. The molecule has 0 saturated heterocycles. The van der Waals surface area contributed by atoms with Gasteiger partial charge in [-0.3, -0.25) is 9.59 Å². The lowest BCUT2D eigenvalue weighted by Gasteiger charge is -2.22. The van der Waals surface area contributed by atoms with Crippen LogP contribution >= 0.6 is 0 Å². The molecule has 0 aliphatic carbocycles. The number of rotatable bonds is 8. The van der Waals surface area contributed by atoms with Crippen LogP contribution in [0, 0.1) is 12.7 Å². The summed E-state index contributed by atoms with van der Waals surface area (Å²) in [6.07, 6.45) is -0.361. The largest absolute Gasteiger partial charge is 0.370 e. The van der Waals surface area contributed by atoms with Crippen molar-refractivity contribution in [1.82, 2.24) is 0 Å². The summed E-state index contributed by atoms with van der Waals surface area (Å²) < 4.78 is 38.0. The van der Waals surface area contributed by atoms with Crippen LogP contribution in [0.25, 0.3) is 0 Å². The van der Waals surface area contributed by atoms with Crippen LogP contribution in [0.4, 0.5) is 10.1 Å². The van der Waals surface area contributed by atoms with Gasteiger partial charge in [-0.05, 0) is 43.3 Å². The Morgan fingerprint density at radius 1 is 1.00 bits per heavy atom. The number of amides is 2. The van der Waals surface area contributed by atoms with E-state index in [0.29, 0.717) is 5.69 Å². The van der Waals surface area contributed by atoms with E-state index in [4.69, 9.17) is 5.73 Å². The number of primary amides is 1. The normalized spacial score (nSPS) is 11.2. The molecule has 0 bridgehead atoms. The number of halogens is 1. The smallest absolute Gasteiger partial charge is 0.228 e. The SMILES string of the molecule is Cc1ccc(S(=O)(=O)CCC(=O)N(CCC(N)=O)c2ccc(F)cc2)cc1. The minimum Gasteiger partial charge on any atom is -0.370 e. The maximum absolute atomic E-state index is 13.1. The first kappa shape index (κ1) is 20.6. The number of benzene rings is 2. The third kappa shape index (κ3) is 5.89. The zero-order valence-corrected chi connectivity index (χ0v) is 15.7. The summed E-state index contributed by atoms with van der Waals surface area (Å²) in [6, 6.07) is 11.5. The molecule has 0 atom stereocenters. The summed E-state index contributed by atoms with van der Waals surface area (Å²) in [6.45, 7) is 1.84. The molecule has 27 heavy (non-hydrogen) atoms. The Balaban J connectivity index is 2.13. The number of nitrogens with zero attached hydrogens (tertiary/aromatic N) is 1. The molecule has 2 amide bonds. The van der Waals surface area contributed by atoms with Gasteiger partial charge >= 0.3 is 0 Å². The number of hydrogen-bond donors (Lipinski definition) is 1. The molecule has 2 aromatic carbocycles. The van der Waals surface area contributed by atoms with Gasteiger partial charge in [0.05, 0.1) is 10.6 Å². The van der Waals surface area contributed by atoms with Crippen molar-refractivity contribution in [2.75, 3.05) is 17.2 Å². The maximum atomic E-state index is 13.1. The third-order valence-electron chi connectivity index (χ3n) is 3.99. The Bertz CT molecular complexity index is 910. The van der Waals surface area contributed by atoms with Crippen LogP contribution in [0.5, 0.6) is 0 Å². The van der Waals surface area contributed by atoms with E-state index in [9.17, 15) is 22.4 Å². The summed E-state index contributed by atoms with van der Waals surface area (Å²) in [5, 5.41) is 0. The Hall–Kier alpha value is -2.74. The first-order valence-electron chi connectivity index (χ1n) is 8.33. The monoisotopic (exact) mass is 392 g/mol. The van der Waals surface area contributed by atoms with E-state index in [1.807, 2.05) is 6.92 Å². The topological polar surface area (TPSA) is 97.5 Å². The Morgan fingerprint density at radius 2 is 1.59 bits per heavy atom. The highest BCUT2D eigenvalue weighted by Gasteiger charge is 2.21. The van der Waals surface area contributed by atoms with Crippen LogP contribution in [0.1, 0.15) is 18.4 Å². The molecule has 0 spiro atoms. The highest BCUT2D eigenvalue weighted by molar-refractivity contribution is 7.91. The van der Waals surface area contributed by atoms with Gasteiger partial charge in [0.2, 0.25) is 11.8 Å². The molecule has 0 unspecified atom stereocenters. The van der Waals surface area contributed by atoms with Crippen molar-refractivity contribution in [2.24, 2.45) is 5.73 Å². The first-order chi connectivity index (χ1) is 12.7. The molecular weight excluding hydrogens is 371 g/mol. The van der Waals surface area contributed by atoms with E-state index in [-0.39, 0.29) is 30.0 Å². The zero-order chi connectivity index (χ0) is 20.0. The van der Waals surface area contributed by atoms with Gasteiger partial charge in [0.1, 0.15) is 5.82 Å². The summed E-state index contributed by atoms with van der Waals surface area (Å²) >= 11 is 0. The van der Waals surface area contributed by atoms with Crippen molar-refractivity contribution >= 4 is 27.3 Å². The maximum Gasteiger partial charge on any atom is 0.228 e. The zero-order valence-electron chi connectivity index (χ0n) is 14.9. The van der Waals surface area contributed by atoms with Crippen molar-refractivity contribution < 1.29 is 22.4 Å². The Morgan fingerprint density at radius 3 is 2.15 bits per heavy atom. The van der Waals surface area contributed by atoms with Gasteiger partial charge < -0.3 is 10.6 Å². The third-order valence-corrected chi connectivity index (χ3v) is 5.72. The fourth-order valence-electron chi connectivity index (χ4n) is 2.46. The fraction of sp³-hybridized carbons (Fsp3) is 0.263. The Kier molecular flexibility index (Phi) is 6.68. The lowest BCUT2D eigenvalue weighted by atomic mass is 10.2.